The zero-order chi connectivity index (χ0) is 23.4. The number of piperidine rings is 1. The lowest BCUT2D eigenvalue weighted by Crippen LogP contribution is -2.59. The van der Waals surface area contributed by atoms with Crippen LogP contribution in [0, 0.1) is 5.92 Å². The summed E-state index contributed by atoms with van der Waals surface area (Å²) in [5.74, 6) is 2.98. The maximum absolute atomic E-state index is 6.59. The maximum Gasteiger partial charge on any atom is 0.230 e. The molecule has 35 heavy (non-hydrogen) atoms. The number of likely N-dealkylation sites (tertiary alicyclic amines) is 1. The van der Waals surface area contributed by atoms with Crippen molar-refractivity contribution in [3.05, 3.63) is 83.9 Å². The van der Waals surface area contributed by atoms with Crippen LogP contribution in [0.3, 0.4) is 0 Å². The molecule has 7 rings (SSSR count). The quantitative estimate of drug-likeness (QED) is 0.337. The van der Waals surface area contributed by atoms with Gasteiger partial charge in [0.2, 0.25) is 5.88 Å². The maximum atomic E-state index is 6.59. The summed E-state index contributed by atoms with van der Waals surface area (Å²) >= 11 is 0. The third kappa shape index (κ3) is 3.38. The number of para-hydroxylation sites is 1. The van der Waals surface area contributed by atoms with Gasteiger partial charge in [0, 0.05) is 17.0 Å². The van der Waals surface area contributed by atoms with Gasteiger partial charge in [-0.2, -0.15) is 4.98 Å². The molecule has 3 aliphatic rings. The van der Waals surface area contributed by atoms with Gasteiger partial charge >= 0.3 is 0 Å². The molecule has 1 aliphatic heterocycles. The van der Waals surface area contributed by atoms with E-state index < -0.39 is 0 Å². The molecule has 4 heteroatoms. The van der Waals surface area contributed by atoms with E-state index in [9.17, 15) is 0 Å². The molecule has 0 amide bonds. The number of hydrogen-bond acceptors (Lipinski definition) is 4. The molecule has 0 radical (unpaired) electrons. The highest BCUT2D eigenvalue weighted by Gasteiger charge is 2.53. The molecule has 0 N–H and O–H groups in total. The van der Waals surface area contributed by atoms with Gasteiger partial charge in [-0.3, -0.25) is 0 Å². The molecule has 2 heterocycles. The molecule has 1 unspecified atom stereocenters. The summed E-state index contributed by atoms with van der Waals surface area (Å²) in [6.07, 6.45) is 7.80. The van der Waals surface area contributed by atoms with E-state index in [0.29, 0.717) is 23.2 Å². The summed E-state index contributed by atoms with van der Waals surface area (Å²) in [4.78, 5) is 12.3. The molecular formula is C31H31N3O. The lowest BCUT2D eigenvalue weighted by atomic mass is 9.52. The molecule has 1 aromatic heterocycles. The first-order valence-electron chi connectivity index (χ1n) is 13.0. The van der Waals surface area contributed by atoms with Crippen LogP contribution in [-0.2, 0) is 11.8 Å². The van der Waals surface area contributed by atoms with E-state index in [2.05, 4.69) is 36.2 Å². The molecule has 4 nitrogen and oxygen atoms in total. The van der Waals surface area contributed by atoms with E-state index in [1.807, 2.05) is 48.5 Å². The molecular weight excluding hydrogens is 430 g/mol. The Bertz CT molecular complexity index is 1400. The zero-order valence-corrected chi connectivity index (χ0v) is 20.3. The highest BCUT2D eigenvalue weighted by Crippen LogP contribution is 2.56. The Hall–Kier alpha value is -3.24. The minimum absolute atomic E-state index is 0.311. The lowest BCUT2D eigenvalue weighted by molar-refractivity contribution is 0.00276. The van der Waals surface area contributed by atoms with E-state index in [4.69, 9.17) is 14.7 Å². The molecule has 4 aromatic rings. The standard InChI is InChI=1S/C31H31N3O/c1-34-18-17-31-16-8-7-12-25(31)28(34)19-22-14-15-23(20-26(22)31)35-30-24-11-5-6-13-27(24)32-29(33-30)21-9-3-2-4-10-21/h2-6,9-11,13-15,20,25,28H,7-8,12,16-19H2,1H3/t25?,28-,31-/m0/s1. The van der Waals surface area contributed by atoms with Gasteiger partial charge < -0.3 is 9.64 Å². The summed E-state index contributed by atoms with van der Waals surface area (Å²) in [6.45, 7) is 1.20. The van der Waals surface area contributed by atoms with Crippen molar-refractivity contribution >= 4 is 10.9 Å². The number of benzene rings is 3. The third-order valence-electron chi connectivity index (χ3n) is 8.90. The van der Waals surface area contributed by atoms with Gasteiger partial charge in [-0.05, 0) is 80.6 Å². The first-order chi connectivity index (χ1) is 17.2. The number of likely N-dealkylation sites (N-methyl/N-ethyl adjacent to an activating group) is 1. The molecule has 0 spiro atoms. The van der Waals surface area contributed by atoms with Gasteiger partial charge in [-0.25, -0.2) is 4.98 Å². The Morgan fingerprint density at radius 2 is 1.77 bits per heavy atom. The fourth-order valence-electron chi connectivity index (χ4n) is 7.19. The van der Waals surface area contributed by atoms with Crippen LogP contribution in [0.1, 0.15) is 43.2 Å². The highest BCUT2D eigenvalue weighted by atomic mass is 16.5. The molecule has 3 aromatic carbocycles. The van der Waals surface area contributed by atoms with Gasteiger partial charge in [0.15, 0.2) is 5.82 Å². The molecule has 3 atom stereocenters. The topological polar surface area (TPSA) is 38.2 Å². The van der Waals surface area contributed by atoms with E-state index in [-0.39, 0.29) is 0 Å². The second kappa shape index (κ2) is 8.17. The van der Waals surface area contributed by atoms with Crippen molar-refractivity contribution in [2.45, 2.75) is 50.0 Å². The summed E-state index contributed by atoms with van der Waals surface area (Å²) in [6, 6.07) is 25.8. The number of rotatable bonds is 3. The van der Waals surface area contributed by atoms with E-state index in [0.717, 1.165) is 34.6 Å². The first kappa shape index (κ1) is 21.1. The van der Waals surface area contributed by atoms with Crippen molar-refractivity contribution in [2.24, 2.45) is 5.92 Å². The van der Waals surface area contributed by atoms with Gasteiger partial charge in [-0.1, -0.05) is 61.4 Å². The van der Waals surface area contributed by atoms with Gasteiger partial charge in [-0.15, -0.1) is 0 Å². The number of ether oxygens (including phenoxy) is 1. The van der Waals surface area contributed by atoms with Crippen LogP contribution in [0.5, 0.6) is 11.6 Å². The number of fused-ring (bicyclic) bond motifs is 2. The Kier molecular flexibility index (Phi) is 4.92. The van der Waals surface area contributed by atoms with E-state index in [1.54, 1.807) is 5.56 Å². The number of nitrogens with zero attached hydrogens (tertiary/aromatic N) is 3. The van der Waals surface area contributed by atoms with E-state index in [1.165, 1.54) is 44.2 Å². The molecule has 2 bridgehead atoms. The van der Waals surface area contributed by atoms with Crippen LogP contribution in [0.2, 0.25) is 0 Å². The average Bonchev–Trinajstić information content (AvgIpc) is 2.91. The van der Waals surface area contributed by atoms with Gasteiger partial charge in [0.25, 0.3) is 0 Å². The Balaban J connectivity index is 1.32. The van der Waals surface area contributed by atoms with Crippen LogP contribution >= 0.6 is 0 Å². The van der Waals surface area contributed by atoms with Crippen LogP contribution in [-0.4, -0.2) is 34.5 Å². The summed E-state index contributed by atoms with van der Waals surface area (Å²) in [5, 5.41) is 0.943. The minimum atomic E-state index is 0.311. The summed E-state index contributed by atoms with van der Waals surface area (Å²) in [5.41, 5.74) is 5.27. The zero-order valence-electron chi connectivity index (χ0n) is 20.3. The molecule has 1 saturated carbocycles. The fraction of sp³-hybridized carbons (Fsp3) is 0.355. The lowest BCUT2D eigenvalue weighted by Gasteiger charge is -2.58. The Morgan fingerprint density at radius 1 is 0.914 bits per heavy atom. The minimum Gasteiger partial charge on any atom is -0.438 e. The highest BCUT2D eigenvalue weighted by molar-refractivity contribution is 5.85. The number of hydrogen-bond donors (Lipinski definition) is 0. The second-order valence-corrected chi connectivity index (χ2v) is 10.7. The molecule has 176 valence electrons. The van der Waals surface area contributed by atoms with Crippen molar-refractivity contribution < 1.29 is 4.74 Å². The van der Waals surface area contributed by atoms with Crippen molar-refractivity contribution in [1.82, 2.24) is 14.9 Å². The molecule has 2 aliphatic carbocycles. The first-order valence-corrected chi connectivity index (χ1v) is 13.0. The van der Waals surface area contributed by atoms with Crippen molar-refractivity contribution in [3.63, 3.8) is 0 Å². The monoisotopic (exact) mass is 461 g/mol. The fourth-order valence-corrected chi connectivity index (χ4v) is 7.19. The number of aromatic nitrogens is 2. The van der Waals surface area contributed by atoms with Gasteiger partial charge in [0.05, 0.1) is 10.9 Å². The average molecular weight is 462 g/mol. The van der Waals surface area contributed by atoms with Crippen molar-refractivity contribution in [2.75, 3.05) is 13.6 Å². The predicted molar refractivity (Wildman–Crippen MR) is 140 cm³/mol. The normalized spacial score (nSPS) is 25.6. The summed E-state index contributed by atoms with van der Waals surface area (Å²) in [7, 11) is 2.33. The van der Waals surface area contributed by atoms with Gasteiger partial charge in [0.1, 0.15) is 5.75 Å². The predicted octanol–water partition coefficient (Wildman–Crippen LogP) is 6.78. The van der Waals surface area contributed by atoms with Crippen LogP contribution in [0.25, 0.3) is 22.3 Å². The second-order valence-electron chi connectivity index (χ2n) is 10.7. The Labute approximate surface area is 207 Å². The van der Waals surface area contributed by atoms with Crippen LogP contribution in [0.15, 0.2) is 72.8 Å². The molecule has 2 fully saturated rings. The smallest absolute Gasteiger partial charge is 0.230 e. The third-order valence-corrected chi connectivity index (χ3v) is 8.90. The largest absolute Gasteiger partial charge is 0.438 e. The van der Waals surface area contributed by atoms with Crippen molar-refractivity contribution in [1.29, 1.82) is 0 Å². The Morgan fingerprint density at radius 3 is 2.69 bits per heavy atom. The van der Waals surface area contributed by atoms with Crippen LogP contribution < -0.4 is 4.74 Å². The van der Waals surface area contributed by atoms with E-state index >= 15 is 0 Å². The van der Waals surface area contributed by atoms with Crippen molar-refractivity contribution in [3.8, 4) is 23.0 Å². The summed E-state index contributed by atoms with van der Waals surface area (Å²) < 4.78 is 6.59. The van der Waals surface area contributed by atoms with Crippen LogP contribution in [0.4, 0.5) is 0 Å². The molecule has 1 saturated heterocycles. The SMILES string of the molecule is CN1CC[C@@]23CCCCC2[C@@H]1Cc1ccc(Oc2nc(-c4ccccc4)nc4ccccc24)cc13.